The number of nitrogens with one attached hydrogen (secondary N) is 1. The number of carboxylic acid groups (broad SMARTS) is 1. The maximum Gasteiger partial charge on any atom is 0.336 e. The summed E-state index contributed by atoms with van der Waals surface area (Å²) in [5.41, 5.74) is 1.54. The highest BCUT2D eigenvalue weighted by molar-refractivity contribution is 5.96. The van der Waals surface area contributed by atoms with E-state index in [1.165, 1.54) is 0 Å². The average Bonchev–Trinajstić information content (AvgIpc) is 3.25. The normalized spacial score (nSPS) is 18.1. The molecule has 0 unspecified atom stereocenters. The fourth-order valence-corrected chi connectivity index (χ4v) is 2.88. The predicted molar refractivity (Wildman–Crippen MR) is 75.7 cm³/mol. The summed E-state index contributed by atoms with van der Waals surface area (Å²) < 4.78 is 0. The Morgan fingerprint density at radius 1 is 1.20 bits per heavy atom. The lowest BCUT2D eigenvalue weighted by Crippen LogP contribution is -2.26. The maximum absolute atomic E-state index is 12.4. The van der Waals surface area contributed by atoms with E-state index in [1.807, 2.05) is 0 Å². The number of rotatable bonds is 5. The van der Waals surface area contributed by atoms with Gasteiger partial charge in [0.25, 0.3) is 0 Å². The van der Waals surface area contributed by atoms with Gasteiger partial charge in [0.15, 0.2) is 0 Å². The Hall–Kier alpha value is -1.84. The third kappa shape index (κ3) is 2.69. The predicted octanol–water partition coefficient (Wildman–Crippen LogP) is 3.07. The number of benzene rings is 1. The molecule has 0 heterocycles. The summed E-state index contributed by atoms with van der Waals surface area (Å²) in [6.07, 6.45) is 4.62. The van der Waals surface area contributed by atoms with Gasteiger partial charge < -0.3 is 10.4 Å². The summed E-state index contributed by atoms with van der Waals surface area (Å²) in [4.78, 5) is 23.5. The van der Waals surface area contributed by atoms with Gasteiger partial charge in [0.05, 0.1) is 5.56 Å². The molecule has 1 aromatic carbocycles. The van der Waals surface area contributed by atoms with E-state index in [0.29, 0.717) is 23.1 Å². The number of hydrogen-bond donors (Lipinski definition) is 2. The lowest BCUT2D eigenvalue weighted by atomic mass is 9.96. The van der Waals surface area contributed by atoms with Crippen LogP contribution in [0.5, 0.6) is 0 Å². The molecule has 106 valence electrons. The summed E-state index contributed by atoms with van der Waals surface area (Å²) in [6.45, 7) is 1.76. The summed E-state index contributed by atoms with van der Waals surface area (Å²) in [6, 6.07) is 5.06. The van der Waals surface area contributed by atoms with Gasteiger partial charge in [0.2, 0.25) is 5.91 Å². The second-order valence-corrected chi connectivity index (χ2v) is 6.02. The maximum atomic E-state index is 12.4. The van der Waals surface area contributed by atoms with Gasteiger partial charge in [-0.2, -0.15) is 0 Å². The number of hydrogen-bond acceptors (Lipinski definition) is 2. The molecule has 2 aliphatic carbocycles. The monoisotopic (exact) mass is 273 g/mol. The first-order valence-corrected chi connectivity index (χ1v) is 7.21. The Bertz CT molecular complexity index is 547. The van der Waals surface area contributed by atoms with Crippen LogP contribution in [0.15, 0.2) is 18.2 Å². The van der Waals surface area contributed by atoms with Gasteiger partial charge in [0.1, 0.15) is 0 Å². The molecule has 0 aliphatic heterocycles. The highest BCUT2D eigenvalue weighted by Gasteiger charge is 2.45. The number of carboxylic acids is 1. The molecule has 0 atom stereocenters. The lowest BCUT2D eigenvalue weighted by molar-refractivity contribution is -0.121. The Balaban J connectivity index is 1.75. The van der Waals surface area contributed by atoms with Gasteiger partial charge in [-0.05, 0) is 62.1 Å². The molecule has 1 amide bonds. The summed E-state index contributed by atoms with van der Waals surface area (Å²) in [7, 11) is 0. The van der Waals surface area contributed by atoms with Crippen LogP contribution in [0.1, 0.15) is 41.6 Å². The number of aromatic carboxylic acids is 1. The van der Waals surface area contributed by atoms with Crippen molar-refractivity contribution in [3.05, 3.63) is 29.3 Å². The highest BCUT2D eigenvalue weighted by Crippen LogP contribution is 2.49. The fourth-order valence-electron chi connectivity index (χ4n) is 2.88. The van der Waals surface area contributed by atoms with Crippen LogP contribution in [0.2, 0.25) is 0 Å². The molecule has 0 spiro atoms. The van der Waals surface area contributed by atoms with Gasteiger partial charge in [-0.1, -0.05) is 6.07 Å². The van der Waals surface area contributed by atoms with Crippen LogP contribution in [0.4, 0.5) is 5.69 Å². The van der Waals surface area contributed by atoms with Crippen LogP contribution in [0.25, 0.3) is 0 Å². The molecule has 0 saturated heterocycles. The van der Waals surface area contributed by atoms with Crippen molar-refractivity contribution in [3.8, 4) is 0 Å². The van der Waals surface area contributed by atoms with E-state index in [-0.39, 0.29) is 17.4 Å². The Kier molecular flexibility index (Phi) is 3.24. The van der Waals surface area contributed by atoms with E-state index in [9.17, 15) is 9.59 Å². The van der Waals surface area contributed by atoms with E-state index in [0.717, 1.165) is 25.7 Å². The molecular weight excluding hydrogens is 254 g/mol. The number of anilines is 1. The largest absolute Gasteiger partial charge is 0.478 e. The molecule has 2 N–H and O–H groups in total. The number of amides is 1. The smallest absolute Gasteiger partial charge is 0.336 e. The van der Waals surface area contributed by atoms with E-state index >= 15 is 0 Å². The minimum absolute atomic E-state index is 0.0650. The van der Waals surface area contributed by atoms with Gasteiger partial charge in [-0.3, -0.25) is 4.79 Å². The van der Waals surface area contributed by atoms with Crippen molar-refractivity contribution in [1.29, 1.82) is 0 Å². The molecule has 0 bridgehead atoms. The second-order valence-electron chi connectivity index (χ2n) is 6.02. The standard InChI is InChI=1S/C16H19NO3/c1-9-2-7-12(8-13(9)16(19)20)17-15(18)14(10-3-4-10)11-5-6-11/h2,7-8,10-11,14H,3-6H2,1H3,(H,17,18)(H,19,20). The van der Waals surface area contributed by atoms with E-state index in [4.69, 9.17) is 5.11 Å². The minimum atomic E-state index is -0.959. The zero-order chi connectivity index (χ0) is 14.3. The van der Waals surface area contributed by atoms with Gasteiger partial charge in [-0.15, -0.1) is 0 Å². The number of carbonyl (C=O) groups excluding carboxylic acids is 1. The van der Waals surface area contributed by atoms with Crippen molar-refractivity contribution in [2.75, 3.05) is 5.32 Å². The van der Waals surface area contributed by atoms with E-state index < -0.39 is 5.97 Å². The molecular formula is C16H19NO3. The molecule has 2 fully saturated rings. The summed E-state index contributed by atoms with van der Waals surface area (Å²) in [5, 5.41) is 12.0. The first-order valence-electron chi connectivity index (χ1n) is 7.21. The molecule has 20 heavy (non-hydrogen) atoms. The molecule has 4 nitrogen and oxygen atoms in total. The van der Waals surface area contributed by atoms with E-state index in [2.05, 4.69) is 5.32 Å². The highest BCUT2D eigenvalue weighted by atomic mass is 16.4. The van der Waals surface area contributed by atoms with E-state index in [1.54, 1.807) is 25.1 Å². The van der Waals surface area contributed by atoms with Gasteiger partial charge in [-0.25, -0.2) is 4.79 Å². The van der Waals surface area contributed by atoms with Crippen molar-refractivity contribution in [2.45, 2.75) is 32.6 Å². The Morgan fingerprint density at radius 2 is 1.80 bits per heavy atom. The quantitative estimate of drug-likeness (QED) is 0.866. The third-order valence-electron chi connectivity index (χ3n) is 4.30. The molecule has 3 rings (SSSR count). The van der Waals surface area contributed by atoms with Crippen molar-refractivity contribution in [2.24, 2.45) is 17.8 Å². The lowest BCUT2D eigenvalue weighted by Gasteiger charge is -2.16. The third-order valence-corrected chi connectivity index (χ3v) is 4.30. The van der Waals surface area contributed by atoms with Crippen LogP contribution in [-0.2, 0) is 4.79 Å². The zero-order valence-corrected chi connectivity index (χ0v) is 11.6. The molecule has 0 aromatic heterocycles. The molecule has 4 heteroatoms. The molecule has 2 aliphatic rings. The Labute approximate surface area is 118 Å². The number of carbonyl (C=O) groups is 2. The fraction of sp³-hybridized carbons (Fsp3) is 0.500. The van der Waals surface area contributed by atoms with Crippen LogP contribution in [0.3, 0.4) is 0 Å². The number of aryl methyl sites for hydroxylation is 1. The van der Waals surface area contributed by atoms with Gasteiger partial charge in [0, 0.05) is 11.6 Å². The van der Waals surface area contributed by atoms with Crippen LogP contribution in [0, 0.1) is 24.7 Å². The summed E-state index contributed by atoms with van der Waals surface area (Å²) in [5.74, 6) is 0.332. The van der Waals surface area contributed by atoms with Crippen molar-refractivity contribution < 1.29 is 14.7 Å². The molecule has 0 radical (unpaired) electrons. The first-order chi connectivity index (χ1) is 9.56. The van der Waals surface area contributed by atoms with Crippen molar-refractivity contribution in [1.82, 2.24) is 0 Å². The van der Waals surface area contributed by atoms with Crippen LogP contribution >= 0.6 is 0 Å². The molecule has 2 saturated carbocycles. The van der Waals surface area contributed by atoms with Crippen molar-refractivity contribution >= 4 is 17.6 Å². The topological polar surface area (TPSA) is 66.4 Å². The summed E-state index contributed by atoms with van der Waals surface area (Å²) >= 11 is 0. The average molecular weight is 273 g/mol. The first kappa shape index (κ1) is 13.2. The van der Waals surface area contributed by atoms with Crippen molar-refractivity contribution in [3.63, 3.8) is 0 Å². The Morgan fingerprint density at radius 3 is 2.30 bits per heavy atom. The van der Waals surface area contributed by atoms with Crippen LogP contribution < -0.4 is 5.32 Å². The molecule has 1 aromatic rings. The SMILES string of the molecule is Cc1ccc(NC(=O)C(C2CC2)C2CC2)cc1C(=O)O. The van der Waals surface area contributed by atoms with Gasteiger partial charge >= 0.3 is 5.97 Å². The second kappa shape index (κ2) is 4.93. The minimum Gasteiger partial charge on any atom is -0.478 e. The zero-order valence-electron chi connectivity index (χ0n) is 11.6. The van der Waals surface area contributed by atoms with Crippen LogP contribution in [-0.4, -0.2) is 17.0 Å².